The lowest BCUT2D eigenvalue weighted by molar-refractivity contribution is -0.116. The van der Waals surface area contributed by atoms with Gasteiger partial charge in [0.05, 0.1) is 21.4 Å². The number of aromatic nitrogens is 2. The number of anilines is 2. The zero-order chi connectivity index (χ0) is 25.0. The van der Waals surface area contributed by atoms with Gasteiger partial charge in [-0.15, -0.1) is 0 Å². The number of benzene rings is 2. The number of aryl methyl sites for hydroxylation is 1. The van der Waals surface area contributed by atoms with E-state index in [1.54, 1.807) is 22.9 Å². The fourth-order valence-electron chi connectivity index (χ4n) is 3.17. The third kappa shape index (κ3) is 6.30. The van der Waals surface area contributed by atoms with Crippen LogP contribution in [0, 0.1) is 6.92 Å². The van der Waals surface area contributed by atoms with Crippen LogP contribution in [0.5, 0.6) is 0 Å². The Labute approximate surface area is 210 Å². The van der Waals surface area contributed by atoms with Crippen molar-refractivity contribution < 1.29 is 9.59 Å². The van der Waals surface area contributed by atoms with Gasteiger partial charge in [0.25, 0.3) is 0 Å². The van der Waals surface area contributed by atoms with Gasteiger partial charge < -0.3 is 15.5 Å². The third-order valence-electron chi connectivity index (χ3n) is 5.20. The summed E-state index contributed by atoms with van der Waals surface area (Å²) in [5.74, 6) is 0.130. The maximum absolute atomic E-state index is 12.9. The molecule has 180 valence electrons. The van der Waals surface area contributed by atoms with E-state index in [-0.39, 0.29) is 23.9 Å². The summed E-state index contributed by atoms with van der Waals surface area (Å²) in [5, 5.41) is 11.2. The Bertz CT molecular complexity index is 1180. The second kappa shape index (κ2) is 10.5. The van der Waals surface area contributed by atoms with E-state index in [2.05, 4.69) is 15.7 Å². The van der Waals surface area contributed by atoms with Gasteiger partial charge in [-0.2, -0.15) is 5.10 Å². The van der Waals surface area contributed by atoms with Crippen LogP contribution in [0.3, 0.4) is 0 Å². The quantitative estimate of drug-likeness (QED) is 0.417. The predicted octanol–water partition coefficient (Wildman–Crippen LogP) is 6.28. The molecule has 34 heavy (non-hydrogen) atoms. The second-order valence-corrected chi connectivity index (χ2v) is 9.85. The number of amides is 3. The first kappa shape index (κ1) is 25.6. The number of rotatable bonds is 6. The average Bonchev–Trinajstić information content (AvgIpc) is 3.19. The molecule has 0 aliphatic rings. The van der Waals surface area contributed by atoms with Gasteiger partial charge in [0.1, 0.15) is 12.4 Å². The summed E-state index contributed by atoms with van der Waals surface area (Å²) in [7, 11) is 0. The summed E-state index contributed by atoms with van der Waals surface area (Å²) in [6.07, 6.45) is 0. The van der Waals surface area contributed by atoms with Gasteiger partial charge >= 0.3 is 6.03 Å². The van der Waals surface area contributed by atoms with Crippen molar-refractivity contribution in [3.63, 3.8) is 0 Å². The lowest BCUT2D eigenvalue weighted by Gasteiger charge is -2.21. The van der Waals surface area contributed by atoms with Crippen LogP contribution in [0.25, 0.3) is 5.69 Å². The number of nitrogens with zero attached hydrogens (tertiary/aromatic N) is 3. The van der Waals surface area contributed by atoms with Crippen LogP contribution in [0.15, 0.2) is 48.5 Å². The summed E-state index contributed by atoms with van der Waals surface area (Å²) in [6, 6.07) is 14.1. The SMILES string of the molecule is CCN(CC(=O)Nc1cc(C(C)(C)C)nn1-c1ccc(Cl)c(Cl)c1)C(=O)Nc1ccc(C)cc1. The van der Waals surface area contributed by atoms with Crippen LogP contribution >= 0.6 is 23.2 Å². The zero-order valence-corrected chi connectivity index (χ0v) is 21.5. The molecule has 0 spiro atoms. The van der Waals surface area contributed by atoms with E-state index in [1.165, 1.54) is 4.90 Å². The van der Waals surface area contributed by atoms with Crippen molar-refractivity contribution in [1.29, 1.82) is 0 Å². The van der Waals surface area contributed by atoms with Crippen molar-refractivity contribution in [2.45, 2.75) is 40.0 Å². The highest BCUT2D eigenvalue weighted by atomic mass is 35.5. The predicted molar refractivity (Wildman–Crippen MR) is 138 cm³/mol. The van der Waals surface area contributed by atoms with E-state index in [1.807, 2.05) is 65.0 Å². The maximum Gasteiger partial charge on any atom is 0.322 e. The highest BCUT2D eigenvalue weighted by Crippen LogP contribution is 2.29. The Morgan fingerprint density at radius 1 is 1.00 bits per heavy atom. The van der Waals surface area contributed by atoms with Crippen LogP contribution in [0.4, 0.5) is 16.3 Å². The minimum absolute atomic E-state index is 0.119. The van der Waals surface area contributed by atoms with Gasteiger partial charge in [-0.1, -0.05) is 61.7 Å². The van der Waals surface area contributed by atoms with Crippen LogP contribution < -0.4 is 10.6 Å². The number of urea groups is 1. The van der Waals surface area contributed by atoms with Crippen molar-refractivity contribution in [2.75, 3.05) is 23.7 Å². The molecule has 0 atom stereocenters. The summed E-state index contributed by atoms with van der Waals surface area (Å²) >= 11 is 12.3. The molecule has 1 aromatic heterocycles. The molecule has 3 amide bonds. The minimum Gasteiger partial charge on any atom is -0.315 e. The molecule has 0 aliphatic heterocycles. The second-order valence-electron chi connectivity index (χ2n) is 9.03. The Kier molecular flexibility index (Phi) is 7.89. The van der Waals surface area contributed by atoms with Crippen molar-refractivity contribution >= 4 is 46.6 Å². The molecule has 3 aromatic rings. The summed E-state index contributed by atoms with van der Waals surface area (Å²) < 4.78 is 1.61. The molecule has 0 radical (unpaired) electrons. The van der Waals surface area contributed by atoms with Gasteiger partial charge in [0.2, 0.25) is 5.91 Å². The van der Waals surface area contributed by atoms with Gasteiger partial charge in [-0.3, -0.25) is 4.79 Å². The molecular formula is C25H29Cl2N5O2. The molecular weight excluding hydrogens is 473 g/mol. The summed E-state index contributed by atoms with van der Waals surface area (Å²) in [4.78, 5) is 27.1. The van der Waals surface area contributed by atoms with Gasteiger partial charge in [-0.05, 0) is 44.2 Å². The molecule has 0 fully saturated rings. The Morgan fingerprint density at radius 3 is 2.26 bits per heavy atom. The monoisotopic (exact) mass is 501 g/mol. The molecule has 2 N–H and O–H groups in total. The smallest absolute Gasteiger partial charge is 0.315 e. The number of halogens is 2. The molecule has 7 nitrogen and oxygen atoms in total. The molecule has 1 heterocycles. The molecule has 0 aliphatic carbocycles. The molecule has 0 saturated heterocycles. The molecule has 0 unspecified atom stereocenters. The first-order chi connectivity index (χ1) is 16.0. The van der Waals surface area contributed by atoms with Crippen molar-refractivity contribution in [1.82, 2.24) is 14.7 Å². The van der Waals surface area contributed by atoms with Crippen LogP contribution in [0.1, 0.15) is 39.0 Å². The number of nitrogens with one attached hydrogen (secondary N) is 2. The van der Waals surface area contributed by atoms with E-state index in [0.717, 1.165) is 11.3 Å². The van der Waals surface area contributed by atoms with Gasteiger partial charge in [0.15, 0.2) is 0 Å². The lowest BCUT2D eigenvalue weighted by atomic mass is 9.92. The van der Waals surface area contributed by atoms with Crippen LogP contribution in [0.2, 0.25) is 10.0 Å². The highest BCUT2D eigenvalue weighted by Gasteiger charge is 2.23. The normalized spacial score (nSPS) is 11.3. The first-order valence-electron chi connectivity index (χ1n) is 11.0. The Balaban J connectivity index is 1.79. The Hall–Kier alpha value is -3.03. The van der Waals surface area contributed by atoms with E-state index >= 15 is 0 Å². The van der Waals surface area contributed by atoms with Crippen molar-refractivity contribution in [3.05, 3.63) is 69.8 Å². The topological polar surface area (TPSA) is 79.3 Å². The van der Waals surface area contributed by atoms with Gasteiger partial charge in [0, 0.05) is 23.7 Å². The summed E-state index contributed by atoms with van der Waals surface area (Å²) in [5.41, 5.74) is 2.97. The minimum atomic E-state index is -0.352. The van der Waals surface area contributed by atoms with E-state index < -0.39 is 0 Å². The van der Waals surface area contributed by atoms with Crippen molar-refractivity contribution in [2.24, 2.45) is 0 Å². The van der Waals surface area contributed by atoms with E-state index in [4.69, 9.17) is 23.2 Å². The number of carbonyl (C=O) groups excluding carboxylic acids is 2. The fourth-order valence-corrected chi connectivity index (χ4v) is 3.46. The van der Waals surface area contributed by atoms with E-state index in [0.29, 0.717) is 33.8 Å². The molecule has 0 saturated carbocycles. The first-order valence-corrected chi connectivity index (χ1v) is 11.7. The number of hydrogen-bond acceptors (Lipinski definition) is 3. The highest BCUT2D eigenvalue weighted by molar-refractivity contribution is 6.42. The van der Waals surface area contributed by atoms with E-state index in [9.17, 15) is 9.59 Å². The van der Waals surface area contributed by atoms with Crippen LogP contribution in [-0.2, 0) is 10.2 Å². The average molecular weight is 502 g/mol. The fraction of sp³-hybridized carbons (Fsp3) is 0.320. The summed E-state index contributed by atoms with van der Waals surface area (Å²) in [6.45, 7) is 10.1. The Morgan fingerprint density at radius 2 is 1.68 bits per heavy atom. The van der Waals surface area contributed by atoms with Gasteiger partial charge in [-0.25, -0.2) is 9.48 Å². The number of likely N-dealkylation sites (N-methyl/N-ethyl adjacent to an activating group) is 1. The maximum atomic E-state index is 12.9. The molecule has 9 heteroatoms. The van der Waals surface area contributed by atoms with Crippen LogP contribution in [-0.4, -0.2) is 39.7 Å². The van der Waals surface area contributed by atoms with Crippen molar-refractivity contribution in [3.8, 4) is 5.69 Å². The zero-order valence-electron chi connectivity index (χ0n) is 19.9. The standard InChI is InChI=1S/C25H29Cl2N5O2/c1-6-31(24(34)28-17-9-7-16(2)8-10-17)15-23(33)29-22-14-21(25(3,4)5)30-32(22)18-11-12-19(26)20(27)13-18/h7-14H,6,15H2,1-5H3,(H,28,34)(H,29,33). The molecule has 2 aromatic carbocycles. The number of carbonyl (C=O) groups is 2. The third-order valence-corrected chi connectivity index (χ3v) is 5.94. The lowest BCUT2D eigenvalue weighted by Crippen LogP contribution is -2.40. The number of hydrogen-bond donors (Lipinski definition) is 2. The molecule has 0 bridgehead atoms. The molecule has 3 rings (SSSR count). The largest absolute Gasteiger partial charge is 0.322 e.